The van der Waals surface area contributed by atoms with Gasteiger partial charge in [0.05, 0.1) is 22.9 Å². The molecule has 0 bridgehead atoms. The zero-order valence-electron chi connectivity index (χ0n) is 10.9. The van der Waals surface area contributed by atoms with Gasteiger partial charge in [0, 0.05) is 5.38 Å². The summed E-state index contributed by atoms with van der Waals surface area (Å²) in [6, 6.07) is 8.72. The van der Waals surface area contributed by atoms with Crippen LogP contribution in [0, 0.1) is 6.92 Å². The number of rotatable bonds is 5. The average Bonchev–Trinajstić information content (AvgIpc) is 2.74. The molecule has 0 unspecified atom stereocenters. The summed E-state index contributed by atoms with van der Waals surface area (Å²) in [5.41, 5.74) is 1.22. The van der Waals surface area contributed by atoms with E-state index in [0.29, 0.717) is 11.3 Å². The van der Waals surface area contributed by atoms with Crippen molar-refractivity contribution in [3.8, 4) is 0 Å². The van der Waals surface area contributed by atoms with E-state index in [-0.39, 0.29) is 12.2 Å². The molecule has 0 aliphatic heterocycles. The second-order valence-electron chi connectivity index (χ2n) is 4.30. The highest BCUT2D eigenvalue weighted by Crippen LogP contribution is 2.09. The molecule has 0 atom stereocenters. The minimum atomic E-state index is -3.67. The second-order valence-corrected chi connectivity index (χ2v) is 7.09. The molecule has 0 radical (unpaired) electrons. The minimum Gasteiger partial charge on any atom is -0.274 e. The number of thiazole rings is 1. The van der Waals surface area contributed by atoms with E-state index in [2.05, 4.69) is 9.71 Å². The molecule has 5 nitrogen and oxygen atoms in total. The van der Waals surface area contributed by atoms with Gasteiger partial charge in [-0.25, -0.2) is 13.4 Å². The average molecular weight is 310 g/mol. The maximum atomic E-state index is 11.9. The molecule has 1 amide bonds. The van der Waals surface area contributed by atoms with Crippen molar-refractivity contribution in [1.82, 2.24) is 9.71 Å². The Morgan fingerprint density at radius 3 is 2.60 bits per heavy atom. The molecule has 0 saturated carbocycles. The molecule has 1 heterocycles. The van der Waals surface area contributed by atoms with Crippen molar-refractivity contribution < 1.29 is 13.2 Å². The fourth-order valence-electron chi connectivity index (χ4n) is 1.69. The first-order valence-electron chi connectivity index (χ1n) is 5.93. The predicted molar refractivity (Wildman–Crippen MR) is 77.8 cm³/mol. The summed E-state index contributed by atoms with van der Waals surface area (Å²) in [6.45, 7) is 1.83. The lowest BCUT2D eigenvalue weighted by Gasteiger charge is -2.06. The largest absolute Gasteiger partial charge is 0.274 e. The van der Waals surface area contributed by atoms with E-state index >= 15 is 0 Å². The van der Waals surface area contributed by atoms with Gasteiger partial charge >= 0.3 is 0 Å². The Hall–Kier alpha value is -1.73. The quantitative estimate of drug-likeness (QED) is 0.911. The molecule has 0 aliphatic rings. The Bertz CT molecular complexity index is 693. The highest BCUT2D eigenvalue weighted by molar-refractivity contribution is 7.89. The van der Waals surface area contributed by atoms with E-state index in [1.807, 2.05) is 6.92 Å². The van der Waals surface area contributed by atoms with Crippen LogP contribution in [0.1, 0.15) is 16.3 Å². The molecule has 20 heavy (non-hydrogen) atoms. The van der Waals surface area contributed by atoms with Crippen LogP contribution in [0.3, 0.4) is 0 Å². The van der Waals surface area contributed by atoms with Gasteiger partial charge in [0.2, 0.25) is 15.9 Å². The van der Waals surface area contributed by atoms with Gasteiger partial charge in [-0.05, 0) is 12.5 Å². The van der Waals surface area contributed by atoms with Crippen LogP contribution in [0.25, 0.3) is 0 Å². The number of amides is 1. The van der Waals surface area contributed by atoms with Crippen LogP contribution >= 0.6 is 11.3 Å². The van der Waals surface area contributed by atoms with Crippen molar-refractivity contribution in [2.24, 2.45) is 0 Å². The maximum Gasteiger partial charge on any atom is 0.239 e. The number of hydrogen-bond donors (Lipinski definition) is 1. The van der Waals surface area contributed by atoms with Crippen LogP contribution < -0.4 is 4.72 Å². The summed E-state index contributed by atoms with van der Waals surface area (Å²) in [7, 11) is -3.67. The number of carbonyl (C=O) groups excluding carboxylic acids is 1. The molecule has 106 valence electrons. The highest BCUT2D eigenvalue weighted by atomic mass is 32.2. The smallest absolute Gasteiger partial charge is 0.239 e. The van der Waals surface area contributed by atoms with Crippen molar-refractivity contribution in [1.29, 1.82) is 0 Å². The summed E-state index contributed by atoms with van der Waals surface area (Å²) in [6.07, 6.45) is -0.0294. The van der Waals surface area contributed by atoms with Crippen LogP contribution in [-0.2, 0) is 27.0 Å². The van der Waals surface area contributed by atoms with Crippen LogP contribution in [0.4, 0.5) is 0 Å². The van der Waals surface area contributed by atoms with Crippen molar-refractivity contribution >= 4 is 27.3 Å². The monoisotopic (exact) mass is 310 g/mol. The number of benzene rings is 1. The normalized spacial score (nSPS) is 11.2. The van der Waals surface area contributed by atoms with E-state index in [4.69, 9.17) is 0 Å². The van der Waals surface area contributed by atoms with Gasteiger partial charge in [0.25, 0.3) is 0 Å². The number of hydrogen-bond acceptors (Lipinski definition) is 5. The Morgan fingerprint density at radius 2 is 2.00 bits per heavy atom. The summed E-state index contributed by atoms with van der Waals surface area (Å²) in [5.74, 6) is -0.776. The lowest BCUT2D eigenvalue weighted by molar-refractivity contribution is -0.118. The van der Waals surface area contributed by atoms with Crippen molar-refractivity contribution in [2.75, 3.05) is 0 Å². The Balaban J connectivity index is 1.96. The summed E-state index contributed by atoms with van der Waals surface area (Å²) < 4.78 is 25.8. The fraction of sp³-hybridized carbons (Fsp3) is 0.231. The summed E-state index contributed by atoms with van der Waals surface area (Å²) in [4.78, 5) is 15.8. The third-order valence-corrected chi connectivity index (χ3v) is 4.55. The number of carbonyl (C=O) groups is 1. The number of nitrogens with one attached hydrogen (secondary N) is 1. The molecule has 0 saturated heterocycles. The second kappa shape index (κ2) is 6.15. The van der Waals surface area contributed by atoms with Gasteiger partial charge in [0.15, 0.2) is 0 Å². The number of aryl methyl sites for hydroxylation is 1. The lowest BCUT2D eigenvalue weighted by atomic mass is 10.2. The topological polar surface area (TPSA) is 76.1 Å². The van der Waals surface area contributed by atoms with Crippen molar-refractivity contribution in [3.05, 3.63) is 52.0 Å². The van der Waals surface area contributed by atoms with Gasteiger partial charge in [-0.1, -0.05) is 30.3 Å². The minimum absolute atomic E-state index is 0.0294. The third-order valence-electron chi connectivity index (χ3n) is 2.48. The van der Waals surface area contributed by atoms with E-state index < -0.39 is 15.9 Å². The zero-order chi connectivity index (χ0) is 14.6. The van der Waals surface area contributed by atoms with E-state index in [1.165, 1.54) is 11.3 Å². The number of aromatic nitrogens is 1. The molecule has 7 heteroatoms. The van der Waals surface area contributed by atoms with Gasteiger partial charge in [-0.3, -0.25) is 9.52 Å². The molecule has 0 spiro atoms. The van der Waals surface area contributed by atoms with E-state index in [0.717, 1.165) is 5.01 Å². The SMILES string of the molecule is Cc1nc(CC(=O)NS(=O)(=O)Cc2ccccc2)cs1. The Labute approximate surface area is 121 Å². The van der Waals surface area contributed by atoms with Gasteiger partial charge in [0.1, 0.15) is 0 Å². The molecular formula is C13H14N2O3S2. The lowest BCUT2D eigenvalue weighted by Crippen LogP contribution is -2.32. The molecule has 2 rings (SSSR count). The van der Waals surface area contributed by atoms with Crippen LogP contribution in [0.5, 0.6) is 0 Å². The van der Waals surface area contributed by atoms with Crippen molar-refractivity contribution in [3.63, 3.8) is 0 Å². The van der Waals surface area contributed by atoms with Crippen LogP contribution in [-0.4, -0.2) is 19.3 Å². The number of sulfonamides is 1. The predicted octanol–water partition coefficient (Wildman–Crippen LogP) is 1.64. The molecule has 2 aromatic rings. The molecule has 0 fully saturated rings. The van der Waals surface area contributed by atoms with Crippen LogP contribution in [0.15, 0.2) is 35.7 Å². The summed E-state index contributed by atoms with van der Waals surface area (Å²) >= 11 is 1.43. The maximum absolute atomic E-state index is 11.9. The number of nitrogens with zero attached hydrogens (tertiary/aromatic N) is 1. The van der Waals surface area contributed by atoms with E-state index in [9.17, 15) is 13.2 Å². The first-order valence-corrected chi connectivity index (χ1v) is 8.46. The first-order chi connectivity index (χ1) is 9.44. The zero-order valence-corrected chi connectivity index (χ0v) is 12.5. The third kappa shape index (κ3) is 4.43. The fourth-order valence-corrected chi connectivity index (χ4v) is 3.43. The molecule has 1 N–H and O–H groups in total. The standard InChI is InChI=1S/C13H14N2O3S2/c1-10-14-12(8-19-10)7-13(16)15-20(17,18)9-11-5-3-2-4-6-11/h2-6,8H,7,9H2,1H3,(H,15,16). The van der Waals surface area contributed by atoms with Crippen LogP contribution in [0.2, 0.25) is 0 Å². The molecule has 1 aromatic heterocycles. The van der Waals surface area contributed by atoms with Gasteiger partial charge in [-0.15, -0.1) is 11.3 Å². The Kier molecular flexibility index (Phi) is 4.51. The molecule has 1 aromatic carbocycles. The molecule has 0 aliphatic carbocycles. The van der Waals surface area contributed by atoms with Gasteiger partial charge in [-0.2, -0.15) is 0 Å². The highest BCUT2D eigenvalue weighted by Gasteiger charge is 2.16. The molecular weight excluding hydrogens is 296 g/mol. The summed E-state index contributed by atoms with van der Waals surface area (Å²) in [5, 5.41) is 2.60. The van der Waals surface area contributed by atoms with Gasteiger partial charge < -0.3 is 0 Å². The van der Waals surface area contributed by atoms with Crippen molar-refractivity contribution in [2.45, 2.75) is 19.1 Å². The Morgan fingerprint density at radius 1 is 1.30 bits per heavy atom. The first kappa shape index (κ1) is 14.7. The van der Waals surface area contributed by atoms with E-state index in [1.54, 1.807) is 35.7 Å².